The predicted octanol–water partition coefficient (Wildman–Crippen LogP) is 1.01. The highest BCUT2D eigenvalue weighted by molar-refractivity contribution is 7.00. The quantitative estimate of drug-likeness (QED) is 0.909. The van der Waals surface area contributed by atoms with E-state index in [4.69, 9.17) is 9.84 Å². The molecule has 110 valence electrons. The van der Waals surface area contributed by atoms with Gasteiger partial charge in [-0.1, -0.05) is 0 Å². The summed E-state index contributed by atoms with van der Waals surface area (Å²) in [7, 11) is 0. The molecule has 1 aromatic heterocycles. The van der Waals surface area contributed by atoms with Gasteiger partial charge in [0.05, 0.1) is 37.4 Å². The number of hydrogen-bond acceptors (Lipinski definition) is 6. The van der Waals surface area contributed by atoms with Gasteiger partial charge in [-0.15, -0.1) is 0 Å². The maximum absolute atomic E-state index is 12.6. The van der Waals surface area contributed by atoms with Crippen LogP contribution in [-0.2, 0) is 9.53 Å². The van der Waals surface area contributed by atoms with Crippen molar-refractivity contribution in [2.45, 2.75) is 12.5 Å². The molecule has 0 aliphatic carbocycles. The molecule has 1 saturated heterocycles. The van der Waals surface area contributed by atoms with Crippen LogP contribution in [0.4, 0.5) is 0 Å². The van der Waals surface area contributed by atoms with Crippen LogP contribution in [0.2, 0.25) is 0 Å². The first-order valence-electron chi connectivity index (χ1n) is 6.48. The SMILES string of the molecule is O=C(O)CC1COCCN1C(=O)c1ccc2nsnc2c1. The van der Waals surface area contributed by atoms with Crippen molar-refractivity contribution in [3.05, 3.63) is 23.8 Å². The Morgan fingerprint density at radius 1 is 1.38 bits per heavy atom. The van der Waals surface area contributed by atoms with Gasteiger partial charge in [-0.05, 0) is 18.2 Å². The van der Waals surface area contributed by atoms with Gasteiger partial charge < -0.3 is 14.7 Å². The van der Waals surface area contributed by atoms with E-state index in [1.807, 2.05) is 0 Å². The number of nitrogens with zero attached hydrogens (tertiary/aromatic N) is 3. The Bertz CT molecular complexity index is 687. The summed E-state index contributed by atoms with van der Waals surface area (Å²) in [5.74, 6) is -1.14. The molecule has 0 saturated carbocycles. The van der Waals surface area contributed by atoms with Gasteiger partial charge in [0.1, 0.15) is 11.0 Å². The molecule has 1 N–H and O–H groups in total. The lowest BCUT2D eigenvalue weighted by Crippen LogP contribution is -2.49. The molecule has 2 heterocycles. The third kappa shape index (κ3) is 2.86. The molecule has 7 nitrogen and oxygen atoms in total. The summed E-state index contributed by atoms with van der Waals surface area (Å²) in [4.78, 5) is 25.1. The standard InChI is InChI=1S/C13H13N3O4S/c17-12(18)6-9-7-20-4-3-16(9)13(19)8-1-2-10-11(5-8)15-21-14-10/h1-2,5,9H,3-4,6-7H2,(H,17,18). The van der Waals surface area contributed by atoms with Crippen LogP contribution in [0.25, 0.3) is 11.0 Å². The van der Waals surface area contributed by atoms with Crippen LogP contribution in [0, 0.1) is 0 Å². The smallest absolute Gasteiger partial charge is 0.305 e. The summed E-state index contributed by atoms with van der Waals surface area (Å²) in [6.07, 6.45) is -0.119. The third-order valence-electron chi connectivity index (χ3n) is 3.40. The Hall–Kier alpha value is -2.06. The fraction of sp³-hybridized carbons (Fsp3) is 0.385. The molecule has 0 bridgehead atoms. The zero-order valence-corrected chi connectivity index (χ0v) is 11.9. The molecule has 1 unspecified atom stereocenters. The molecule has 3 rings (SSSR count). The summed E-state index contributed by atoms with van der Waals surface area (Å²) >= 11 is 1.10. The number of hydrogen-bond donors (Lipinski definition) is 1. The van der Waals surface area contributed by atoms with Gasteiger partial charge in [0.2, 0.25) is 0 Å². The summed E-state index contributed by atoms with van der Waals surface area (Å²) in [5.41, 5.74) is 1.92. The first-order valence-corrected chi connectivity index (χ1v) is 7.21. The molecule has 1 aliphatic heterocycles. The maximum Gasteiger partial charge on any atom is 0.305 e. The van der Waals surface area contributed by atoms with Crippen LogP contribution in [0.5, 0.6) is 0 Å². The van der Waals surface area contributed by atoms with E-state index in [0.717, 1.165) is 17.2 Å². The average Bonchev–Trinajstić information content (AvgIpc) is 2.94. The second kappa shape index (κ2) is 5.74. The van der Waals surface area contributed by atoms with E-state index >= 15 is 0 Å². The normalized spacial score (nSPS) is 18.9. The van der Waals surface area contributed by atoms with Crippen molar-refractivity contribution in [3.63, 3.8) is 0 Å². The molecule has 8 heteroatoms. The molecule has 1 fully saturated rings. The Balaban J connectivity index is 1.85. The summed E-state index contributed by atoms with van der Waals surface area (Å²) in [6, 6.07) is 4.69. The summed E-state index contributed by atoms with van der Waals surface area (Å²) in [5, 5.41) is 8.94. The number of morpholine rings is 1. The number of benzene rings is 1. The topological polar surface area (TPSA) is 92.6 Å². The van der Waals surface area contributed by atoms with Gasteiger partial charge in [0.15, 0.2) is 0 Å². The molecule has 1 amide bonds. The Morgan fingerprint density at radius 3 is 3.00 bits per heavy atom. The maximum atomic E-state index is 12.6. The lowest BCUT2D eigenvalue weighted by atomic mass is 10.1. The molecule has 0 spiro atoms. The molecule has 1 aromatic carbocycles. The molecule has 1 atom stereocenters. The van der Waals surface area contributed by atoms with Crippen LogP contribution in [-0.4, -0.2) is 56.4 Å². The number of amides is 1. The van der Waals surface area contributed by atoms with Crippen LogP contribution in [0.3, 0.4) is 0 Å². The van der Waals surface area contributed by atoms with E-state index < -0.39 is 12.0 Å². The van der Waals surface area contributed by atoms with E-state index in [0.29, 0.717) is 24.2 Å². The van der Waals surface area contributed by atoms with Crippen molar-refractivity contribution < 1.29 is 19.4 Å². The Labute approximate surface area is 124 Å². The van der Waals surface area contributed by atoms with Gasteiger partial charge >= 0.3 is 5.97 Å². The number of carbonyl (C=O) groups excluding carboxylic acids is 1. The first-order chi connectivity index (χ1) is 10.1. The lowest BCUT2D eigenvalue weighted by molar-refractivity contribution is -0.139. The predicted molar refractivity (Wildman–Crippen MR) is 75.3 cm³/mol. The monoisotopic (exact) mass is 307 g/mol. The average molecular weight is 307 g/mol. The van der Waals surface area contributed by atoms with Gasteiger partial charge in [-0.2, -0.15) is 8.75 Å². The second-order valence-electron chi connectivity index (χ2n) is 4.79. The van der Waals surface area contributed by atoms with Crippen molar-refractivity contribution in [2.24, 2.45) is 0 Å². The highest BCUT2D eigenvalue weighted by atomic mass is 32.1. The fourth-order valence-electron chi connectivity index (χ4n) is 2.37. The zero-order chi connectivity index (χ0) is 14.8. The van der Waals surface area contributed by atoms with Crippen LogP contribution in [0.1, 0.15) is 16.8 Å². The number of carbonyl (C=O) groups is 2. The fourth-order valence-corrected chi connectivity index (χ4v) is 2.89. The van der Waals surface area contributed by atoms with Crippen molar-refractivity contribution in [2.75, 3.05) is 19.8 Å². The number of carboxylic acids is 1. The highest BCUT2D eigenvalue weighted by Gasteiger charge is 2.29. The van der Waals surface area contributed by atoms with Gasteiger partial charge in [-0.3, -0.25) is 9.59 Å². The number of carboxylic acid groups (broad SMARTS) is 1. The second-order valence-corrected chi connectivity index (χ2v) is 5.32. The Morgan fingerprint density at radius 2 is 2.19 bits per heavy atom. The molecule has 1 aliphatic rings. The molecule has 0 radical (unpaired) electrons. The number of rotatable bonds is 3. The number of fused-ring (bicyclic) bond motifs is 1. The van der Waals surface area contributed by atoms with Crippen molar-refractivity contribution in [3.8, 4) is 0 Å². The molecular weight excluding hydrogens is 294 g/mol. The molecular formula is C13H13N3O4S. The van der Waals surface area contributed by atoms with E-state index in [9.17, 15) is 9.59 Å². The van der Waals surface area contributed by atoms with E-state index in [2.05, 4.69) is 8.75 Å². The third-order valence-corrected chi connectivity index (χ3v) is 3.96. The van der Waals surface area contributed by atoms with Gasteiger partial charge in [0.25, 0.3) is 5.91 Å². The number of aromatic nitrogens is 2. The minimum atomic E-state index is -0.942. The molecule has 21 heavy (non-hydrogen) atoms. The van der Waals surface area contributed by atoms with E-state index in [1.54, 1.807) is 23.1 Å². The van der Waals surface area contributed by atoms with E-state index in [1.165, 1.54) is 0 Å². The van der Waals surface area contributed by atoms with E-state index in [-0.39, 0.29) is 18.9 Å². The van der Waals surface area contributed by atoms with Crippen molar-refractivity contribution in [1.29, 1.82) is 0 Å². The number of ether oxygens (including phenoxy) is 1. The van der Waals surface area contributed by atoms with Gasteiger partial charge in [0, 0.05) is 12.1 Å². The van der Waals surface area contributed by atoms with Gasteiger partial charge in [-0.25, -0.2) is 0 Å². The minimum absolute atomic E-state index is 0.119. The van der Waals surface area contributed by atoms with Crippen molar-refractivity contribution in [1.82, 2.24) is 13.6 Å². The highest BCUT2D eigenvalue weighted by Crippen LogP contribution is 2.18. The van der Waals surface area contributed by atoms with Crippen LogP contribution >= 0.6 is 11.7 Å². The Kier molecular flexibility index (Phi) is 3.80. The first kappa shape index (κ1) is 13.9. The van der Waals surface area contributed by atoms with Crippen LogP contribution in [0.15, 0.2) is 18.2 Å². The zero-order valence-electron chi connectivity index (χ0n) is 11.1. The lowest BCUT2D eigenvalue weighted by Gasteiger charge is -2.34. The largest absolute Gasteiger partial charge is 0.481 e. The van der Waals surface area contributed by atoms with Crippen LogP contribution < -0.4 is 0 Å². The minimum Gasteiger partial charge on any atom is -0.481 e. The number of aliphatic carboxylic acids is 1. The summed E-state index contributed by atoms with van der Waals surface area (Å²) in [6.45, 7) is 1.06. The van der Waals surface area contributed by atoms with Crippen molar-refractivity contribution >= 4 is 34.6 Å². The molecule has 2 aromatic rings. The summed E-state index contributed by atoms with van der Waals surface area (Å²) < 4.78 is 13.5.